The average molecular weight is 556 g/mol. The van der Waals surface area contributed by atoms with Crippen molar-refractivity contribution in [1.82, 2.24) is 0 Å². The lowest BCUT2D eigenvalue weighted by atomic mass is 10.1. The zero-order valence-corrected chi connectivity index (χ0v) is 22.2. The summed E-state index contributed by atoms with van der Waals surface area (Å²) in [5, 5.41) is 2.86. The molecule has 0 fully saturated rings. The van der Waals surface area contributed by atoms with Crippen molar-refractivity contribution >= 4 is 66.2 Å². The Morgan fingerprint density at radius 2 is 1.51 bits per heavy atom. The molecule has 8 nitrogen and oxygen atoms in total. The van der Waals surface area contributed by atoms with Gasteiger partial charge in [-0.25, -0.2) is 16.8 Å². The van der Waals surface area contributed by atoms with Gasteiger partial charge in [0.05, 0.1) is 32.6 Å². The number of rotatable bonds is 8. The first-order valence-corrected chi connectivity index (χ1v) is 14.3. The normalized spacial score (nSPS) is 11.7. The fraction of sp³-hybridized carbons (Fsp3) is 0.174. The fourth-order valence-corrected chi connectivity index (χ4v) is 5.65. The number of carbonyl (C=O) groups is 1. The van der Waals surface area contributed by atoms with Crippen molar-refractivity contribution in [3.63, 3.8) is 0 Å². The van der Waals surface area contributed by atoms with E-state index in [0.717, 1.165) is 21.7 Å². The summed E-state index contributed by atoms with van der Waals surface area (Å²) in [5.74, 6) is -0.589. The summed E-state index contributed by atoms with van der Waals surface area (Å²) in [7, 11) is -7.71. The van der Waals surface area contributed by atoms with Gasteiger partial charge in [-0.3, -0.25) is 13.8 Å². The number of sulfonamides is 2. The number of amides is 1. The number of benzene rings is 3. The standard InChI is InChI=1S/C23H23Cl2N3O5S2/c1-15-11-16(2)13-18(12-15)28(34(3,30)31)14-22(29)26-17-7-9-19(10-8-17)35(32,33)27-21-6-4-5-20(24)23(21)25/h4-13,27H,14H2,1-3H3,(H,26,29). The van der Waals surface area contributed by atoms with Crippen LogP contribution in [0.3, 0.4) is 0 Å². The van der Waals surface area contributed by atoms with Crippen LogP contribution in [0.4, 0.5) is 17.1 Å². The maximum atomic E-state index is 12.7. The van der Waals surface area contributed by atoms with Crippen LogP contribution in [0.2, 0.25) is 10.0 Å². The molecular formula is C23H23Cl2N3O5S2. The van der Waals surface area contributed by atoms with Crippen LogP contribution in [0, 0.1) is 13.8 Å². The molecule has 2 N–H and O–H groups in total. The van der Waals surface area contributed by atoms with Gasteiger partial charge in [-0.05, 0) is 73.5 Å². The third kappa shape index (κ3) is 6.88. The number of nitrogens with one attached hydrogen (secondary N) is 2. The molecule has 3 rings (SSSR count). The van der Waals surface area contributed by atoms with E-state index in [1.54, 1.807) is 18.2 Å². The fourth-order valence-electron chi connectivity index (χ4n) is 3.33. The van der Waals surface area contributed by atoms with E-state index in [1.165, 1.54) is 36.4 Å². The van der Waals surface area contributed by atoms with Crippen LogP contribution in [0.25, 0.3) is 0 Å². The van der Waals surface area contributed by atoms with E-state index in [-0.39, 0.29) is 20.6 Å². The summed E-state index contributed by atoms with van der Waals surface area (Å²) >= 11 is 12.0. The third-order valence-corrected chi connectivity index (χ3v) is 8.17. The summed E-state index contributed by atoms with van der Waals surface area (Å²) < 4.78 is 53.5. The zero-order valence-electron chi connectivity index (χ0n) is 19.0. The van der Waals surface area contributed by atoms with Gasteiger partial charge in [0, 0.05) is 5.69 Å². The van der Waals surface area contributed by atoms with Crippen LogP contribution in [0.15, 0.2) is 65.6 Å². The van der Waals surface area contributed by atoms with Crippen molar-refractivity contribution in [1.29, 1.82) is 0 Å². The summed E-state index contributed by atoms with van der Waals surface area (Å²) in [6, 6.07) is 15.2. The Morgan fingerprint density at radius 3 is 2.09 bits per heavy atom. The number of halogens is 2. The number of nitrogens with zero attached hydrogens (tertiary/aromatic N) is 1. The maximum Gasteiger partial charge on any atom is 0.261 e. The largest absolute Gasteiger partial charge is 0.325 e. The minimum absolute atomic E-state index is 0.0699. The topological polar surface area (TPSA) is 113 Å². The van der Waals surface area contributed by atoms with Crippen molar-refractivity contribution in [2.45, 2.75) is 18.7 Å². The molecule has 0 aliphatic rings. The summed E-state index contributed by atoms with van der Waals surface area (Å²) in [6.45, 7) is 3.22. The van der Waals surface area contributed by atoms with E-state index in [4.69, 9.17) is 23.2 Å². The molecule has 0 aliphatic carbocycles. The molecule has 0 aromatic heterocycles. The molecule has 186 valence electrons. The van der Waals surface area contributed by atoms with Gasteiger partial charge >= 0.3 is 0 Å². The molecule has 0 heterocycles. The minimum atomic E-state index is -3.97. The highest BCUT2D eigenvalue weighted by Gasteiger charge is 2.22. The number of hydrogen-bond donors (Lipinski definition) is 2. The molecular weight excluding hydrogens is 533 g/mol. The van der Waals surface area contributed by atoms with Crippen LogP contribution >= 0.6 is 23.2 Å². The molecule has 0 bridgehead atoms. The van der Waals surface area contributed by atoms with Crippen molar-refractivity contribution in [2.24, 2.45) is 0 Å². The van der Waals surface area contributed by atoms with Crippen molar-refractivity contribution < 1.29 is 21.6 Å². The second-order valence-electron chi connectivity index (χ2n) is 7.89. The Balaban J connectivity index is 1.75. The number of carbonyl (C=O) groups excluding carboxylic acids is 1. The Bertz CT molecular complexity index is 1460. The van der Waals surface area contributed by atoms with E-state index >= 15 is 0 Å². The van der Waals surface area contributed by atoms with Gasteiger partial charge in [0.15, 0.2) is 0 Å². The number of hydrogen-bond acceptors (Lipinski definition) is 5. The predicted octanol–water partition coefficient (Wildman–Crippen LogP) is 4.82. The van der Waals surface area contributed by atoms with E-state index in [9.17, 15) is 21.6 Å². The summed E-state index contributed by atoms with van der Waals surface area (Å²) in [4.78, 5) is 12.6. The van der Waals surface area contributed by atoms with Gasteiger partial charge < -0.3 is 5.32 Å². The SMILES string of the molecule is Cc1cc(C)cc(N(CC(=O)Nc2ccc(S(=O)(=O)Nc3cccc(Cl)c3Cl)cc2)S(C)(=O)=O)c1. The van der Waals surface area contributed by atoms with Gasteiger partial charge in [0.1, 0.15) is 6.54 Å². The van der Waals surface area contributed by atoms with E-state index in [2.05, 4.69) is 10.0 Å². The molecule has 3 aromatic rings. The molecule has 0 radical (unpaired) electrons. The van der Waals surface area contributed by atoms with Crippen LogP contribution < -0.4 is 14.3 Å². The summed E-state index contributed by atoms with van der Waals surface area (Å²) in [5.41, 5.74) is 2.52. The molecule has 0 saturated carbocycles. The molecule has 0 aliphatic heterocycles. The van der Waals surface area contributed by atoms with Crippen LogP contribution in [0.5, 0.6) is 0 Å². The second-order valence-corrected chi connectivity index (χ2v) is 12.3. The third-order valence-electron chi connectivity index (χ3n) is 4.83. The van der Waals surface area contributed by atoms with Gasteiger partial charge in [-0.1, -0.05) is 35.3 Å². The van der Waals surface area contributed by atoms with Crippen LogP contribution in [0.1, 0.15) is 11.1 Å². The van der Waals surface area contributed by atoms with Gasteiger partial charge in [0.2, 0.25) is 15.9 Å². The molecule has 12 heteroatoms. The first-order valence-electron chi connectivity index (χ1n) is 10.2. The Labute approximate surface area is 215 Å². The smallest absolute Gasteiger partial charge is 0.261 e. The van der Waals surface area contributed by atoms with Gasteiger partial charge in [0.25, 0.3) is 10.0 Å². The van der Waals surface area contributed by atoms with Crippen LogP contribution in [-0.2, 0) is 24.8 Å². The first-order chi connectivity index (χ1) is 16.3. The number of aryl methyl sites for hydroxylation is 2. The maximum absolute atomic E-state index is 12.7. The average Bonchev–Trinajstić information content (AvgIpc) is 2.74. The molecule has 0 atom stereocenters. The lowest BCUT2D eigenvalue weighted by molar-refractivity contribution is -0.114. The van der Waals surface area contributed by atoms with Gasteiger partial charge in [-0.2, -0.15) is 0 Å². The van der Waals surface area contributed by atoms with E-state index in [1.807, 2.05) is 19.9 Å². The Kier molecular flexibility index (Phi) is 8.00. The lowest BCUT2D eigenvalue weighted by Crippen LogP contribution is -2.37. The first kappa shape index (κ1) is 26.8. The molecule has 35 heavy (non-hydrogen) atoms. The quantitative estimate of drug-likeness (QED) is 0.413. The second kappa shape index (κ2) is 10.4. The minimum Gasteiger partial charge on any atom is -0.325 e. The Morgan fingerprint density at radius 1 is 0.914 bits per heavy atom. The molecule has 0 spiro atoms. The monoisotopic (exact) mass is 555 g/mol. The Hall–Kier alpha value is -2.79. The van der Waals surface area contributed by atoms with E-state index < -0.39 is 32.5 Å². The highest BCUT2D eigenvalue weighted by Crippen LogP contribution is 2.31. The molecule has 0 unspecified atom stereocenters. The van der Waals surface area contributed by atoms with Crippen molar-refractivity contribution in [3.8, 4) is 0 Å². The highest BCUT2D eigenvalue weighted by molar-refractivity contribution is 7.92. The van der Waals surface area contributed by atoms with Crippen LogP contribution in [-0.4, -0.2) is 35.5 Å². The zero-order chi connectivity index (χ0) is 26.0. The van der Waals surface area contributed by atoms with Crippen molar-refractivity contribution in [2.75, 3.05) is 27.1 Å². The predicted molar refractivity (Wildman–Crippen MR) is 140 cm³/mol. The highest BCUT2D eigenvalue weighted by atomic mass is 35.5. The molecule has 1 amide bonds. The van der Waals surface area contributed by atoms with Crippen molar-refractivity contribution in [3.05, 3.63) is 81.8 Å². The lowest BCUT2D eigenvalue weighted by Gasteiger charge is -2.23. The van der Waals surface area contributed by atoms with Gasteiger partial charge in [-0.15, -0.1) is 0 Å². The molecule has 0 saturated heterocycles. The summed E-state index contributed by atoms with van der Waals surface area (Å²) in [6.07, 6.45) is 1.02. The molecule has 3 aromatic carbocycles. The number of anilines is 3. The van der Waals surface area contributed by atoms with E-state index in [0.29, 0.717) is 11.4 Å².